The first kappa shape index (κ1) is 19.6. The van der Waals surface area contributed by atoms with Crippen molar-refractivity contribution in [1.29, 1.82) is 0 Å². The van der Waals surface area contributed by atoms with Crippen molar-refractivity contribution < 1.29 is 9.59 Å². The Balaban J connectivity index is 1.77. The molecule has 6 heteroatoms. The van der Waals surface area contributed by atoms with Crippen LogP contribution in [0.2, 0.25) is 5.02 Å². The van der Waals surface area contributed by atoms with Gasteiger partial charge in [0, 0.05) is 28.2 Å². The zero-order chi connectivity index (χ0) is 20.1. The summed E-state index contributed by atoms with van der Waals surface area (Å²) in [5.74, 6) is -0.453. The van der Waals surface area contributed by atoms with E-state index in [0.717, 1.165) is 11.3 Å². The fourth-order valence-corrected chi connectivity index (χ4v) is 2.96. The number of anilines is 2. The van der Waals surface area contributed by atoms with Crippen molar-refractivity contribution in [3.63, 3.8) is 0 Å². The highest BCUT2D eigenvalue weighted by atomic mass is 35.5. The zero-order valence-electron chi connectivity index (χ0n) is 15.6. The molecule has 0 bridgehead atoms. The first-order valence-electron chi connectivity index (χ1n) is 8.87. The average molecular weight is 394 g/mol. The number of nitrogens with zero attached hydrogens (tertiary/aromatic N) is 1. The number of carbonyl (C=O) groups excluding carboxylic acids is 2. The van der Waals surface area contributed by atoms with Gasteiger partial charge in [0.2, 0.25) is 0 Å². The normalized spacial score (nSPS) is 10.6. The van der Waals surface area contributed by atoms with Crippen molar-refractivity contribution in [3.8, 4) is 0 Å². The van der Waals surface area contributed by atoms with Crippen molar-refractivity contribution in [1.82, 2.24) is 4.98 Å². The minimum atomic E-state index is -0.370. The highest BCUT2D eigenvalue weighted by Crippen LogP contribution is 2.24. The second kappa shape index (κ2) is 8.67. The molecule has 0 spiro atoms. The Morgan fingerprint density at radius 3 is 2.46 bits per heavy atom. The molecule has 2 N–H and O–H groups in total. The molecule has 0 saturated heterocycles. The van der Waals surface area contributed by atoms with Crippen molar-refractivity contribution in [3.05, 3.63) is 88.7 Å². The summed E-state index contributed by atoms with van der Waals surface area (Å²) in [7, 11) is 0. The fraction of sp³-hybridized carbons (Fsp3) is 0.136. The van der Waals surface area contributed by atoms with Gasteiger partial charge in [-0.2, -0.15) is 0 Å². The summed E-state index contributed by atoms with van der Waals surface area (Å²) in [4.78, 5) is 29.2. The van der Waals surface area contributed by atoms with Gasteiger partial charge >= 0.3 is 0 Å². The van der Waals surface area contributed by atoms with E-state index in [1.807, 2.05) is 24.3 Å². The van der Waals surface area contributed by atoms with E-state index >= 15 is 0 Å². The van der Waals surface area contributed by atoms with Crippen LogP contribution in [0, 0.1) is 0 Å². The van der Waals surface area contributed by atoms with Gasteiger partial charge in [-0.3, -0.25) is 14.6 Å². The number of amides is 2. The number of hydrogen-bond acceptors (Lipinski definition) is 3. The number of hydrogen-bond donors (Lipinski definition) is 2. The Hall–Kier alpha value is -3.18. The molecular formula is C22H20ClN3O2. The van der Waals surface area contributed by atoms with Crippen molar-refractivity contribution >= 4 is 34.8 Å². The molecule has 2 aromatic carbocycles. The summed E-state index contributed by atoms with van der Waals surface area (Å²) in [6.07, 6.45) is 1.44. The quantitative estimate of drug-likeness (QED) is 0.612. The highest BCUT2D eigenvalue weighted by molar-refractivity contribution is 6.31. The van der Waals surface area contributed by atoms with Gasteiger partial charge in [-0.1, -0.05) is 49.7 Å². The maximum Gasteiger partial charge on any atom is 0.274 e. The van der Waals surface area contributed by atoms with Crippen LogP contribution in [0.1, 0.15) is 46.2 Å². The number of benzene rings is 2. The minimum Gasteiger partial charge on any atom is -0.322 e. The topological polar surface area (TPSA) is 71.1 Å². The summed E-state index contributed by atoms with van der Waals surface area (Å²) in [5.41, 5.74) is 2.84. The van der Waals surface area contributed by atoms with Crippen LogP contribution in [0.4, 0.5) is 11.4 Å². The molecule has 0 aliphatic heterocycles. The maximum absolute atomic E-state index is 12.6. The molecule has 3 rings (SSSR count). The van der Waals surface area contributed by atoms with E-state index in [1.165, 1.54) is 12.3 Å². The first-order chi connectivity index (χ1) is 13.4. The molecule has 0 aliphatic carbocycles. The lowest BCUT2D eigenvalue weighted by Gasteiger charge is -2.13. The molecule has 0 radical (unpaired) electrons. The third-order valence-electron chi connectivity index (χ3n) is 4.17. The number of aromatic nitrogens is 1. The molecule has 0 saturated carbocycles. The Bertz CT molecular complexity index is 1020. The minimum absolute atomic E-state index is 0.164. The number of halogens is 1. The molecule has 0 atom stereocenters. The van der Waals surface area contributed by atoms with E-state index in [-0.39, 0.29) is 23.4 Å². The lowest BCUT2D eigenvalue weighted by molar-refractivity contribution is 0.102. The summed E-state index contributed by atoms with van der Waals surface area (Å²) in [6.45, 7) is 4.12. The monoisotopic (exact) mass is 393 g/mol. The molecule has 142 valence electrons. The largest absolute Gasteiger partial charge is 0.322 e. The van der Waals surface area contributed by atoms with Crippen LogP contribution in [0.5, 0.6) is 0 Å². The van der Waals surface area contributed by atoms with Crippen LogP contribution in [0.25, 0.3) is 0 Å². The van der Waals surface area contributed by atoms with Gasteiger partial charge in [0.15, 0.2) is 0 Å². The van der Waals surface area contributed by atoms with Crippen LogP contribution in [0.3, 0.4) is 0 Å². The highest BCUT2D eigenvalue weighted by Gasteiger charge is 2.14. The predicted octanol–water partition coefficient (Wildman–Crippen LogP) is 5.36. The van der Waals surface area contributed by atoms with Crippen molar-refractivity contribution in [2.24, 2.45) is 0 Å². The number of pyridine rings is 1. The van der Waals surface area contributed by atoms with Gasteiger partial charge in [0.1, 0.15) is 5.69 Å². The number of nitrogens with one attached hydrogen (secondary N) is 2. The van der Waals surface area contributed by atoms with Gasteiger partial charge < -0.3 is 10.6 Å². The standard InChI is InChI=1S/C22H20ClN3O2/c1-14(2)18-8-3-4-9-19(18)26-22(28)20-12-15(10-11-24-20)21(27)25-17-7-5-6-16(23)13-17/h3-14H,1-2H3,(H,25,27)(H,26,28). The van der Waals surface area contributed by atoms with Crippen LogP contribution in [0.15, 0.2) is 66.9 Å². The third-order valence-corrected chi connectivity index (χ3v) is 4.40. The van der Waals surface area contributed by atoms with Gasteiger partial charge in [0.05, 0.1) is 0 Å². The molecule has 2 amide bonds. The van der Waals surface area contributed by atoms with E-state index in [4.69, 9.17) is 11.6 Å². The Labute approximate surface area is 168 Å². The SMILES string of the molecule is CC(C)c1ccccc1NC(=O)c1cc(C(=O)Nc2cccc(Cl)c2)ccn1. The van der Waals surface area contributed by atoms with E-state index in [9.17, 15) is 9.59 Å². The molecule has 0 unspecified atom stereocenters. The molecule has 0 aliphatic rings. The van der Waals surface area contributed by atoms with E-state index in [1.54, 1.807) is 30.3 Å². The molecule has 3 aromatic rings. The van der Waals surface area contributed by atoms with Gasteiger partial charge in [-0.15, -0.1) is 0 Å². The fourth-order valence-electron chi connectivity index (χ4n) is 2.77. The predicted molar refractivity (Wildman–Crippen MR) is 112 cm³/mol. The Kier molecular flexibility index (Phi) is 6.06. The summed E-state index contributed by atoms with van der Waals surface area (Å²) in [6, 6.07) is 17.5. The molecule has 5 nitrogen and oxygen atoms in total. The summed E-state index contributed by atoms with van der Waals surface area (Å²) < 4.78 is 0. The van der Waals surface area contributed by atoms with E-state index in [0.29, 0.717) is 16.3 Å². The lowest BCUT2D eigenvalue weighted by Crippen LogP contribution is -2.17. The first-order valence-corrected chi connectivity index (χ1v) is 9.25. The summed E-state index contributed by atoms with van der Waals surface area (Å²) >= 11 is 5.94. The lowest BCUT2D eigenvalue weighted by atomic mass is 10.0. The molecule has 1 heterocycles. The third kappa shape index (κ3) is 4.75. The second-order valence-electron chi connectivity index (χ2n) is 6.59. The van der Waals surface area contributed by atoms with Gasteiger partial charge in [-0.05, 0) is 47.9 Å². The number of para-hydroxylation sites is 1. The van der Waals surface area contributed by atoms with Crippen LogP contribution >= 0.6 is 11.6 Å². The number of rotatable bonds is 5. The Morgan fingerprint density at radius 2 is 1.71 bits per heavy atom. The molecule has 28 heavy (non-hydrogen) atoms. The van der Waals surface area contributed by atoms with E-state index in [2.05, 4.69) is 29.5 Å². The Morgan fingerprint density at radius 1 is 0.929 bits per heavy atom. The van der Waals surface area contributed by atoms with Crippen molar-refractivity contribution in [2.75, 3.05) is 10.6 Å². The smallest absolute Gasteiger partial charge is 0.274 e. The summed E-state index contributed by atoms with van der Waals surface area (Å²) in [5, 5.41) is 6.16. The maximum atomic E-state index is 12.6. The second-order valence-corrected chi connectivity index (χ2v) is 7.03. The molecule has 0 fully saturated rings. The molecule has 1 aromatic heterocycles. The van der Waals surface area contributed by atoms with Crippen molar-refractivity contribution in [2.45, 2.75) is 19.8 Å². The van der Waals surface area contributed by atoms with Crippen LogP contribution < -0.4 is 10.6 Å². The van der Waals surface area contributed by atoms with Gasteiger partial charge in [0.25, 0.3) is 11.8 Å². The number of carbonyl (C=O) groups is 2. The van der Waals surface area contributed by atoms with Crippen LogP contribution in [-0.2, 0) is 0 Å². The van der Waals surface area contributed by atoms with E-state index < -0.39 is 0 Å². The zero-order valence-corrected chi connectivity index (χ0v) is 16.3. The van der Waals surface area contributed by atoms with Crippen LogP contribution in [-0.4, -0.2) is 16.8 Å². The molecular weight excluding hydrogens is 374 g/mol. The average Bonchev–Trinajstić information content (AvgIpc) is 2.68. The van der Waals surface area contributed by atoms with Gasteiger partial charge in [-0.25, -0.2) is 0 Å².